The predicted octanol–water partition coefficient (Wildman–Crippen LogP) is 1.90. The summed E-state index contributed by atoms with van der Waals surface area (Å²) in [5.41, 5.74) is 1.37. The van der Waals surface area contributed by atoms with E-state index in [4.69, 9.17) is 0 Å². The first-order chi connectivity index (χ1) is 10.5. The van der Waals surface area contributed by atoms with Crippen molar-refractivity contribution in [1.82, 2.24) is 25.1 Å². The van der Waals surface area contributed by atoms with Gasteiger partial charge in [-0.05, 0) is 32.0 Å². The summed E-state index contributed by atoms with van der Waals surface area (Å²) in [7, 11) is 1.46. The highest BCUT2D eigenvalue weighted by Crippen LogP contribution is 2.24. The molecule has 0 amide bonds. The number of pyridine rings is 1. The van der Waals surface area contributed by atoms with Crippen LogP contribution in [0, 0.1) is 6.92 Å². The van der Waals surface area contributed by atoms with E-state index in [0.717, 1.165) is 30.0 Å². The molecule has 2 N–H and O–H groups in total. The monoisotopic (exact) mass is 308 g/mol. The first-order valence-corrected chi connectivity index (χ1v) is 7.19. The molecule has 2 aromatic heterocycles. The summed E-state index contributed by atoms with van der Waals surface area (Å²) in [5.74, 6) is 0.713. The molecule has 0 unspecified atom stereocenters. The summed E-state index contributed by atoms with van der Waals surface area (Å²) in [6.45, 7) is 3.75. The van der Waals surface area contributed by atoms with Gasteiger partial charge in [0.05, 0.1) is 5.69 Å². The number of nitrogens with zero attached hydrogens (tertiary/aromatic N) is 4. The zero-order valence-electron chi connectivity index (χ0n) is 12.5. The third-order valence-corrected chi connectivity index (χ3v) is 3.73. The lowest BCUT2D eigenvalue weighted by Gasteiger charge is -2.13. The van der Waals surface area contributed by atoms with Crippen LogP contribution in [0.3, 0.4) is 0 Å². The van der Waals surface area contributed by atoms with Gasteiger partial charge in [-0.15, -0.1) is 0 Å². The normalized spacial score (nSPS) is 18.1. The molecule has 1 aliphatic heterocycles. The summed E-state index contributed by atoms with van der Waals surface area (Å²) < 4.78 is 26.7. The Morgan fingerprint density at radius 1 is 1.36 bits per heavy atom. The number of hydrogen-bond donors (Lipinski definition) is 2. The highest BCUT2D eigenvalue weighted by molar-refractivity contribution is 5.60. The highest BCUT2D eigenvalue weighted by atomic mass is 19.3. The molecule has 0 aliphatic carbocycles. The minimum Gasteiger partial charge on any atom is -0.366 e. The van der Waals surface area contributed by atoms with Crippen LogP contribution in [0.15, 0.2) is 12.1 Å². The second-order valence-corrected chi connectivity index (χ2v) is 5.38. The molecule has 1 saturated heterocycles. The van der Waals surface area contributed by atoms with E-state index in [0.29, 0.717) is 17.3 Å². The Bertz CT molecular complexity index is 663. The second kappa shape index (κ2) is 5.96. The Morgan fingerprint density at radius 2 is 2.18 bits per heavy atom. The van der Waals surface area contributed by atoms with Gasteiger partial charge < -0.3 is 10.6 Å². The summed E-state index contributed by atoms with van der Waals surface area (Å²) in [4.78, 5) is 8.39. The molecule has 2 aromatic rings. The van der Waals surface area contributed by atoms with E-state index in [1.807, 2.05) is 19.1 Å². The molecule has 0 aromatic carbocycles. The van der Waals surface area contributed by atoms with Crippen LogP contribution in [-0.2, 0) is 7.05 Å². The van der Waals surface area contributed by atoms with E-state index in [1.54, 1.807) is 0 Å². The second-order valence-electron chi connectivity index (χ2n) is 5.38. The fraction of sp³-hybridized carbons (Fsp3) is 0.500. The van der Waals surface area contributed by atoms with Gasteiger partial charge in [0.2, 0.25) is 0 Å². The van der Waals surface area contributed by atoms with Crippen LogP contribution in [0.5, 0.6) is 0 Å². The van der Waals surface area contributed by atoms with E-state index in [1.165, 1.54) is 7.05 Å². The topological polar surface area (TPSA) is 67.7 Å². The molecule has 118 valence electrons. The smallest absolute Gasteiger partial charge is 0.297 e. The molecule has 0 spiro atoms. The SMILES string of the molecule is Cc1nc(N[C@H]2CCNC2)ccc1-c1nc(C(F)F)n(C)n1. The van der Waals surface area contributed by atoms with Gasteiger partial charge >= 0.3 is 0 Å². The Hall–Kier alpha value is -2.09. The lowest BCUT2D eigenvalue weighted by atomic mass is 10.2. The van der Waals surface area contributed by atoms with E-state index >= 15 is 0 Å². The van der Waals surface area contributed by atoms with Crippen LogP contribution in [-0.4, -0.2) is 38.9 Å². The summed E-state index contributed by atoms with van der Waals surface area (Å²) in [6, 6.07) is 4.02. The van der Waals surface area contributed by atoms with Crippen LogP contribution in [0.1, 0.15) is 24.4 Å². The average molecular weight is 308 g/mol. The number of hydrogen-bond acceptors (Lipinski definition) is 5. The Morgan fingerprint density at radius 3 is 2.77 bits per heavy atom. The molecule has 6 nitrogen and oxygen atoms in total. The summed E-state index contributed by atoms with van der Waals surface area (Å²) in [6.07, 6.45) is -1.59. The van der Waals surface area contributed by atoms with Crippen molar-refractivity contribution in [2.24, 2.45) is 7.05 Å². The fourth-order valence-electron chi connectivity index (χ4n) is 2.57. The van der Waals surface area contributed by atoms with Crippen molar-refractivity contribution < 1.29 is 8.78 Å². The average Bonchev–Trinajstić information content (AvgIpc) is 3.08. The van der Waals surface area contributed by atoms with Crippen LogP contribution in [0.4, 0.5) is 14.6 Å². The van der Waals surface area contributed by atoms with Gasteiger partial charge in [-0.1, -0.05) is 0 Å². The molecule has 0 radical (unpaired) electrons. The van der Waals surface area contributed by atoms with E-state index in [9.17, 15) is 8.78 Å². The van der Waals surface area contributed by atoms with Gasteiger partial charge in [-0.3, -0.25) is 0 Å². The first kappa shape index (κ1) is 14.8. The number of aromatic nitrogens is 4. The lowest BCUT2D eigenvalue weighted by molar-refractivity contribution is 0.135. The number of rotatable bonds is 4. The van der Waals surface area contributed by atoms with Gasteiger partial charge in [-0.25, -0.2) is 23.4 Å². The van der Waals surface area contributed by atoms with Crippen molar-refractivity contribution in [3.8, 4) is 11.4 Å². The van der Waals surface area contributed by atoms with Gasteiger partial charge in [0.15, 0.2) is 11.6 Å². The molecule has 0 saturated carbocycles. The van der Waals surface area contributed by atoms with Crippen molar-refractivity contribution in [2.45, 2.75) is 25.8 Å². The number of halogens is 2. The van der Waals surface area contributed by atoms with Crippen molar-refractivity contribution in [1.29, 1.82) is 0 Å². The number of anilines is 1. The molecular weight excluding hydrogens is 290 g/mol. The molecule has 1 fully saturated rings. The van der Waals surface area contributed by atoms with E-state index < -0.39 is 6.43 Å². The first-order valence-electron chi connectivity index (χ1n) is 7.19. The van der Waals surface area contributed by atoms with Gasteiger partial charge in [-0.2, -0.15) is 5.10 Å². The van der Waals surface area contributed by atoms with Crippen LogP contribution in [0.2, 0.25) is 0 Å². The number of alkyl halides is 2. The minimum atomic E-state index is -2.64. The molecule has 0 bridgehead atoms. The van der Waals surface area contributed by atoms with Gasteiger partial charge in [0.1, 0.15) is 5.82 Å². The van der Waals surface area contributed by atoms with Crippen molar-refractivity contribution in [2.75, 3.05) is 18.4 Å². The van der Waals surface area contributed by atoms with Crippen LogP contribution >= 0.6 is 0 Å². The largest absolute Gasteiger partial charge is 0.366 e. The summed E-state index contributed by atoms with van der Waals surface area (Å²) >= 11 is 0. The maximum absolute atomic E-state index is 12.8. The molecule has 8 heteroatoms. The maximum Gasteiger partial charge on any atom is 0.297 e. The lowest BCUT2D eigenvalue weighted by Crippen LogP contribution is -2.22. The molecule has 1 aliphatic rings. The van der Waals surface area contributed by atoms with Crippen molar-refractivity contribution >= 4 is 5.82 Å². The van der Waals surface area contributed by atoms with Crippen molar-refractivity contribution in [3.63, 3.8) is 0 Å². The van der Waals surface area contributed by atoms with Gasteiger partial charge in [0.25, 0.3) is 6.43 Å². The molecule has 1 atom stereocenters. The Kier molecular flexibility index (Phi) is 4.02. The third kappa shape index (κ3) is 2.92. The van der Waals surface area contributed by atoms with Crippen LogP contribution in [0.25, 0.3) is 11.4 Å². The molecule has 3 heterocycles. The van der Waals surface area contributed by atoms with Gasteiger partial charge in [0, 0.05) is 25.2 Å². The standard InChI is InChI=1S/C14H18F2N6/c1-8-10(13-20-14(12(15)16)22(2)21-13)3-4-11(18-8)19-9-5-6-17-7-9/h3-4,9,12,17H,5-7H2,1-2H3,(H,18,19)/t9-/m0/s1. The molecule has 22 heavy (non-hydrogen) atoms. The highest BCUT2D eigenvalue weighted by Gasteiger charge is 2.19. The third-order valence-electron chi connectivity index (χ3n) is 3.73. The molecule has 3 rings (SSSR count). The Balaban J connectivity index is 1.84. The minimum absolute atomic E-state index is 0.275. The molecular formula is C14H18F2N6. The fourth-order valence-corrected chi connectivity index (χ4v) is 2.57. The van der Waals surface area contributed by atoms with Crippen LogP contribution < -0.4 is 10.6 Å². The Labute approximate surface area is 127 Å². The van der Waals surface area contributed by atoms with E-state index in [2.05, 4.69) is 25.7 Å². The predicted molar refractivity (Wildman–Crippen MR) is 78.8 cm³/mol. The quantitative estimate of drug-likeness (QED) is 0.903. The van der Waals surface area contributed by atoms with E-state index in [-0.39, 0.29) is 11.6 Å². The summed E-state index contributed by atoms with van der Waals surface area (Å²) in [5, 5.41) is 10.7. The zero-order valence-corrected chi connectivity index (χ0v) is 12.5. The zero-order chi connectivity index (χ0) is 15.7. The van der Waals surface area contributed by atoms with Crippen molar-refractivity contribution in [3.05, 3.63) is 23.7 Å². The maximum atomic E-state index is 12.8. The number of nitrogens with one attached hydrogen (secondary N) is 2. The number of aryl methyl sites for hydroxylation is 2.